The average molecular weight is 457 g/mol. The number of amides is 1. The SMILES string of the molecule is CC[C@@H](NC(=O)c1ccc(N(C)S(=O)(=O)c2ccc(Cl)cc2)cc1)c1ccc(C)cc1. The number of aryl methyl sites for hydroxylation is 1. The molecule has 0 saturated carbocycles. The number of halogens is 1. The Labute approximate surface area is 188 Å². The molecule has 0 aliphatic heterocycles. The average Bonchev–Trinajstić information content (AvgIpc) is 2.78. The lowest BCUT2D eigenvalue weighted by Crippen LogP contribution is -2.28. The molecule has 0 aromatic heterocycles. The maximum atomic E-state index is 12.8. The first-order valence-electron chi connectivity index (χ1n) is 9.94. The maximum Gasteiger partial charge on any atom is 0.264 e. The van der Waals surface area contributed by atoms with E-state index in [1.807, 2.05) is 38.1 Å². The minimum Gasteiger partial charge on any atom is -0.345 e. The first-order chi connectivity index (χ1) is 14.7. The van der Waals surface area contributed by atoms with Crippen molar-refractivity contribution in [2.45, 2.75) is 31.2 Å². The van der Waals surface area contributed by atoms with Crippen molar-refractivity contribution in [2.75, 3.05) is 11.4 Å². The summed E-state index contributed by atoms with van der Waals surface area (Å²) in [4.78, 5) is 12.9. The lowest BCUT2D eigenvalue weighted by molar-refractivity contribution is 0.0935. The van der Waals surface area contributed by atoms with Crippen LogP contribution in [0.5, 0.6) is 0 Å². The fraction of sp³-hybridized carbons (Fsp3) is 0.208. The number of benzene rings is 3. The van der Waals surface area contributed by atoms with Crippen molar-refractivity contribution in [3.05, 3.63) is 94.5 Å². The van der Waals surface area contributed by atoms with Crippen LogP contribution in [0.1, 0.15) is 40.9 Å². The summed E-state index contributed by atoms with van der Waals surface area (Å²) in [5.41, 5.74) is 3.13. The Hall–Kier alpha value is -2.83. The summed E-state index contributed by atoms with van der Waals surface area (Å²) in [6.45, 7) is 4.04. The summed E-state index contributed by atoms with van der Waals surface area (Å²) >= 11 is 5.85. The highest BCUT2D eigenvalue weighted by Gasteiger charge is 2.22. The molecule has 0 aliphatic rings. The van der Waals surface area contributed by atoms with Crippen LogP contribution in [0.4, 0.5) is 5.69 Å². The summed E-state index contributed by atoms with van der Waals surface area (Å²) in [6, 6.07) is 20.5. The number of sulfonamides is 1. The van der Waals surface area contributed by atoms with Crippen LogP contribution in [0.25, 0.3) is 0 Å². The molecule has 0 saturated heterocycles. The van der Waals surface area contributed by atoms with E-state index in [-0.39, 0.29) is 16.8 Å². The van der Waals surface area contributed by atoms with Crippen molar-refractivity contribution >= 4 is 33.2 Å². The molecule has 31 heavy (non-hydrogen) atoms. The van der Waals surface area contributed by atoms with Crippen LogP contribution in [0.3, 0.4) is 0 Å². The van der Waals surface area contributed by atoms with Crippen LogP contribution in [0.2, 0.25) is 5.02 Å². The van der Waals surface area contributed by atoms with E-state index in [1.165, 1.54) is 35.6 Å². The second-order valence-corrected chi connectivity index (χ2v) is 9.72. The molecule has 5 nitrogen and oxygen atoms in total. The molecule has 162 valence electrons. The van der Waals surface area contributed by atoms with E-state index < -0.39 is 10.0 Å². The van der Waals surface area contributed by atoms with E-state index in [9.17, 15) is 13.2 Å². The van der Waals surface area contributed by atoms with Crippen molar-refractivity contribution in [3.8, 4) is 0 Å². The molecule has 0 heterocycles. The van der Waals surface area contributed by atoms with Gasteiger partial charge in [-0.2, -0.15) is 0 Å². The third-order valence-corrected chi connectivity index (χ3v) is 7.21. The number of hydrogen-bond donors (Lipinski definition) is 1. The summed E-state index contributed by atoms with van der Waals surface area (Å²) in [5, 5.41) is 3.51. The number of carbonyl (C=O) groups is 1. The van der Waals surface area contributed by atoms with Gasteiger partial charge in [-0.25, -0.2) is 8.42 Å². The Bertz CT molecular complexity index is 1140. The molecule has 0 spiro atoms. The molecule has 7 heteroatoms. The van der Waals surface area contributed by atoms with Gasteiger partial charge in [0.05, 0.1) is 16.6 Å². The molecule has 3 aromatic carbocycles. The summed E-state index contributed by atoms with van der Waals surface area (Å²) in [7, 11) is -2.25. The molecule has 0 radical (unpaired) electrons. The van der Waals surface area contributed by atoms with Gasteiger partial charge in [-0.3, -0.25) is 9.10 Å². The number of carbonyl (C=O) groups excluding carboxylic acids is 1. The monoisotopic (exact) mass is 456 g/mol. The van der Waals surface area contributed by atoms with Crippen LogP contribution in [0, 0.1) is 6.92 Å². The number of anilines is 1. The summed E-state index contributed by atoms with van der Waals surface area (Å²) < 4.78 is 26.8. The summed E-state index contributed by atoms with van der Waals surface area (Å²) in [6.07, 6.45) is 0.759. The van der Waals surface area contributed by atoms with Gasteiger partial charge in [0.15, 0.2) is 0 Å². The highest BCUT2D eigenvalue weighted by molar-refractivity contribution is 7.92. The van der Waals surface area contributed by atoms with Gasteiger partial charge in [0.1, 0.15) is 0 Å². The molecule has 3 aromatic rings. The van der Waals surface area contributed by atoms with E-state index in [4.69, 9.17) is 11.6 Å². The van der Waals surface area contributed by atoms with Gasteiger partial charge in [0.25, 0.3) is 15.9 Å². The highest BCUT2D eigenvalue weighted by Crippen LogP contribution is 2.24. The van der Waals surface area contributed by atoms with Gasteiger partial charge >= 0.3 is 0 Å². The number of rotatable bonds is 7. The lowest BCUT2D eigenvalue weighted by Gasteiger charge is -2.20. The van der Waals surface area contributed by atoms with Gasteiger partial charge in [0.2, 0.25) is 0 Å². The van der Waals surface area contributed by atoms with Crippen molar-refractivity contribution < 1.29 is 13.2 Å². The predicted octanol–water partition coefficient (Wildman–Crippen LogP) is 5.35. The normalized spacial score (nSPS) is 12.3. The molecule has 1 atom stereocenters. The Morgan fingerprint density at radius 2 is 1.55 bits per heavy atom. The molecule has 3 rings (SSSR count). The molecular formula is C24H25ClN2O3S. The first kappa shape index (κ1) is 22.8. The second-order valence-electron chi connectivity index (χ2n) is 7.32. The number of nitrogens with one attached hydrogen (secondary N) is 1. The van der Waals surface area contributed by atoms with Crippen molar-refractivity contribution in [1.82, 2.24) is 5.32 Å². The minimum atomic E-state index is -3.73. The van der Waals surface area contributed by atoms with Gasteiger partial charge in [0, 0.05) is 17.6 Å². The fourth-order valence-electron chi connectivity index (χ4n) is 3.19. The van der Waals surface area contributed by atoms with E-state index >= 15 is 0 Å². The van der Waals surface area contributed by atoms with Crippen LogP contribution < -0.4 is 9.62 Å². The van der Waals surface area contributed by atoms with E-state index in [0.29, 0.717) is 16.3 Å². The zero-order valence-electron chi connectivity index (χ0n) is 17.7. The van der Waals surface area contributed by atoms with Crippen LogP contribution in [-0.4, -0.2) is 21.4 Å². The Balaban J connectivity index is 1.74. The molecule has 0 fully saturated rings. The topological polar surface area (TPSA) is 66.5 Å². The zero-order valence-corrected chi connectivity index (χ0v) is 19.2. The van der Waals surface area contributed by atoms with Crippen molar-refractivity contribution in [2.24, 2.45) is 0 Å². The standard InChI is InChI=1S/C24H25ClN2O3S/c1-4-23(18-7-5-17(2)6-8-18)26-24(28)19-9-13-21(14-10-19)27(3)31(29,30)22-15-11-20(25)12-16-22/h5-16,23H,4H2,1-3H3,(H,26,28)/t23-/m1/s1. The van der Waals surface area contributed by atoms with E-state index in [0.717, 1.165) is 17.5 Å². The number of nitrogens with zero attached hydrogens (tertiary/aromatic N) is 1. The molecule has 1 N–H and O–H groups in total. The second kappa shape index (κ2) is 9.54. The summed E-state index contributed by atoms with van der Waals surface area (Å²) in [5.74, 6) is -0.206. The highest BCUT2D eigenvalue weighted by atomic mass is 35.5. The molecule has 1 amide bonds. The van der Waals surface area contributed by atoms with Crippen molar-refractivity contribution in [3.63, 3.8) is 0 Å². The fourth-order valence-corrected chi connectivity index (χ4v) is 4.51. The molecule has 0 unspecified atom stereocenters. The van der Waals surface area contributed by atoms with Gasteiger partial charge < -0.3 is 5.32 Å². The molecule has 0 bridgehead atoms. The quantitative estimate of drug-likeness (QED) is 0.520. The zero-order chi connectivity index (χ0) is 22.6. The van der Waals surface area contributed by atoms with E-state index in [1.54, 1.807) is 24.3 Å². The van der Waals surface area contributed by atoms with Gasteiger partial charge in [-0.05, 0) is 67.4 Å². The molecular weight excluding hydrogens is 432 g/mol. The lowest BCUT2D eigenvalue weighted by atomic mass is 10.0. The van der Waals surface area contributed by atoms with Gasteiger partial charge in [-0.15, -0.1) is 0 Å². The largest absolute Gasteiger partial charge is 0.345 e. The van der Waals surface area contributed by atoms with Gasteiger partial charge in [-0.1, -0.05) is 48.4 Å². The first-order valence-corrected chi connectivity index (χ1v) is 11.8. The van der Waals surface area contributed by atoms with E-state index in [2.05, 4.69) is 5.32 Å². The Kier molecular flexibility index (Phi) is 7.03. The van der Waals surface area contributed by atoms with Crippen LogP contribution >= 0.6 is 11.6 Å². The molecule has 0 aliphatic carbocycles. The maximum absolute atomic E-state index is 12.8. The van der Waals surface area contributed by atoms with Crippen LogP contribution in [-0.2, 0) is 10.0 Å². The predicted molar refractivity (Wildman–Crippen MR) is 125 cm³/mol. The smallest absolute Gasteiger partial charge is 0.264 e. The van der Waals surface area contributed by atoms with Crippen molar-refractivity contribution in [1.29, 1.82) is 0 Å². The third kappa shape index (κ3) is 5.27. The Morgan fingerprint density at radius 3 is 2.10 bits per heavy atom. The van der Waals surface area contributed by atoms with Crippen LogP contribution in [0.15, 0.2) is 77.7 Å². The number of hydrogen-bond acceptors (Lipinski definition) is 3. The Morgan fingerprint density at radius 1 is 0.968 bits per heavy atom. The minimum absolute atomic E-state index is 0.0965. The third-order valence-electron chi connectivity index (χ3n) is 5.16.